The Labute approximate surface area is 298 Å². The van der Waals surface area contributed by atoms with Crippen LogP contribution in [0, 0.1) is 11.8 Å². The Kier molecular flexibility index (Phi) is 12.3. The highest BCUT2D eigenvalue weighted by atomic mass is 35.5. The van der Waals surface area contributed by atoms with Crippen molar-refractivity contribution in [2.24, 2.45) is 11.8 Å². The van der Waals surface area contributed by atoms with Crippen LogP contribution in [0.15, 0.2) is 48.8 Å². The number of benzene rings is 2. The number of hydrogen-bond donors (Lipinski definition) is 0. The van der Waals surface area contributed by atoms with Gasteiger partial charge in [0.25, 0.3) is 0 Å². The summed E-state index contributed by atoms with van der Waals surface area (Å²) >= 11 is 12.9. The Morgan fingerprint density at radius 1 is 0.900 bits per heavy atom. The number of nitrogens with zero attached hydrogens (tertiary/aromatic N) is 1. The number of rotatable bonds is 17. The molecule has 0 radical (unpaired) electrons. The minimum atomic E-state index is -3.06. The van der Waals surface area contributed by atoms with Crippen LogP contribution >= 0.6 is 23.2 Å². The SMILES string of the molecule is O=C(COC(=O)c1ccc(OCC2CC2)c(CN2CCOCC2)c1)O[C@@H](Cc1c(Cl)c[nH+]cc1Cl)c1ccc(OC(F)F)c(OCC2CC2)c1. The zero-order chi connectivity index (χ0) is 35.0. The van der Waals surface area contributed by atoms with Gasteiger partial charge >= 0.3 is 18.6 Å². The van der Waals surface area contributed by atoms with Crippen molar-refractivity contribution in [3.63, 3.8) is 0 Å². The number of ether oxygens (including phenoxy) is 6. The molecule has 0 unspecified atom stereocenters. The fourth-order valence-corrected chi connectivity index (χ4v) is 6.00. The number of aromatic amines is 1. The predicted octanol–water partition coefficient (Wildman–Crippen LogP) is 6.50. The fourth-order valence-electron chi connectivity index (χ4n) is 5.47. The molecule has 2 heterocycles. The molecule has 3 aromatic rings. The van der Waals surface area contributed by atoms with E-state index in [-0.39, 0.29) is 23.5 Å². The van der Waals surface area contributed by atoms with E-state index in [4.69, 9.17) is 46.9 Å². The standard InChI is InChI=1S/C36H38Cl2F2N2O8/c37-28-16-41-17-29(38)27(28)15-32(24-5-8-31(50-36(39)40)33(14-24)47-20-23-3-4-23)49-34(43)21-48-35(44)25-6-7-30(46-19-22-1-2-22)26(13-25)18-42-9-11-45-12-10-42/h5-8,13-14,16-17,22-23,32,36H,1-4,9-12,15,18-21H2/p+1/t32-/m0/s1. The molecule has 2 saturated carbocycles. The van der Waals surface area contributed by atoms with E-state index in [1.165, 1.54) is 30.6 Å². The summed E-state index contributed by atoms with van der Waals surface area (Å²) in [5.74, 6) is -0.00794. The van der Waals surface area contributed by atoms with Gasteiger partial charge in [0, 0.05) is 37.2 Å². The maximum Gasteiger partial charge on any atom is 0.387 e. The molecule has 3 aliphatic rings. The molecule has 10 nitrogen and oxygen atoms in total. The molecule has 2 aromatic carbocycles. The highest BCUT2D eigenvalue weighted by Crippen LogP contribution is 2.38. The first-order valence-electron chi connectivity index (χ1n) is 16.7. The molecular formula is C36H39Cl2F2N2O8+. The summed E-state index contributed by atoms with van der Waals surface area (Å²) in [6.07, 6.45) is 6.35. The number of aromatic nitrogens is 1. The Morgan fingerprint density at radius 3 is 2.22 bits per heavy atom. The summed E-state index contributed by atoms with van der Waals surface area (Å²) in [6.45, 7) is 0.569. The van der Waals surface area contributed by atoms with Gasteiger partial charge in [-0.25, -0.2) is 14.6 Å². The molecule has 6 rings (SSSR count). The minimum absolute atomic E-state index is 0.0242. The first-order chi connectivity index (χ1) is 24.2. The third-order valence-electron chi connectivity index (χ3n) is 8.67. The number of halogens is 4. The van der Waals surface area contributed by atoms with Crippen molar-refractivity contribution in [3.8, 4) is 17.2 Å². The van der Waals surface area contributed by atoms with Crippen molar-refractivity contribution in [3.05, 3.63) is 81.1 Å². The third kappa shape index (κ3) is 10.4. The minimum Gasteiger partial charge on any atom is -0.493 e. The Balaban J connectivity index is 1.16. The molecule has 268 valence electrons. The average Bonchev–Trinajstić information content (AvgIpc) is 4.04. The predicted molar refractivity (Wildman–Crippen MR) is 178 cm³/mol. The summed E-state index contributed by atoms with van der Waals surface area (Å²) in [7, 11) is 0. The molecule has 1 aromatic heterocycles. The molecule has 0 amide bonds. The van der Waals surface area contributed by atoms with Crippen LogP contribution in [0.25, 0.3) is 0 Å². The van der Waals surface area contributed by atoms with E-state index >= 15 is 0 Å². The lowest BCUT2D eigenvalue weighted by Gasteiger charge is -2.27. The summed E-state index contributed by atoms with van der Waals surface area (Å²) in [6, 6.07) is 9.42. The van der Waals surface area contributed by atoms with Gasteiger partial charge in [0.15, 0.2) is 30.5 Å². The van der Waals surface area contributed by atoms with E-state index in [0.717, 1.165) is 44.3 Å². The van der Waals surface area contributed by atoms with Crippen LogP contribution in [0.4, 0.5) is 8.78 Å². The number of morpholine rings is 1. The topological polar surface area (TPSA) is 107 Å². The molecule has 50 heavy (non-hydrogen) atoms. The maximum atomic E-state index is 13.2. The molecule has 1 aliphatic heterocycles. The Bertz CT molecular complexity index is 1630. The first kappa shape index (κ1) is 36.1. The molecule has 14 heteroatoms. The number of carbonyl (C=O) groups is 2. The molecule has 1 N–H and O–H groups in total. The monoisotopic (exact) mass is 735 g/mol. The van der Waals surface area contributed by atoms with Gasteiger partial charge < -0.3 is 28.4 Å². The maximum absolute atomic E-state index is 13.2. The number of carbonyl (C=O) groups excluding carboxylic acids is 2. The largest absolute Gasteiger partial charge is 0.493 e. The normalized spacial score (nSPS) is 16.9. The smallest absolute Gasteiger partial charge is 0.387 e. The highest BCUT2D eigenvalue weighted by Gasteiger charge is 2.27. The Hall–Kier alpha value is -3.71. The second kappa shape index (κ2) is 17.0. The molecular weight excluding hydrogens is 697 g/mol. The van der Waals surface area contributed by atoms with E-state index < -0.39 is 31.3 Å². The first-order valence-corrected chi connectivity index (χ1v) is 17.5. The van der Waals surface area contributed by atoms with Gasteiger partial charge in [-0.1, -0.05) is 29.3 Å². The molecule has 2 aliphatic carbocycles. The van der Waals surface area contributed by atoms with Crippen LogP contribution in [-0.2, 0) is 32.0 Å². The van der Waals surface area contributed by atoms with Gasteiger partial charge in [0.1, 0.15) is 21.9 Å². The number of pyridine rings is 1. The van der Waals surface area contributed by atoms with E-state index in [1.54, 1.807) is 18.2 Å². The highest BCUT2D eigenvalue weighted by molar-refractivity contribution is 6.35. The van der Waals surface area contributed by atoms with Crippen molar-refractivity contribution in [2.75, 3.05) is 46.1 Å². The van der Waals surface area contributed by atoms with Crippen molar-refractivity contribution in [1.29, 1.82) is 0 Å². The third-order valence-corrected chi connectivity index (χ3v) is 9.35. The van der Waals surface area contributed by atoms with E-state index in [1.807, 2.05) is 0 Å². The Morgan fingerprint density at radius 2 is 1.56 bits per heavy atom. The molecule has 1 saturated heterocycles. The summed E-state index contributed by atoms with van der Waals surface area (Å²) in [5.41, 5.74) is 2.00. The van der Waals surface area contributed by atoms with Gasteiger partial charge in [-0.05, 0) is 73.4 Å². The summed E-state index contributed by atoms with van der Waals surface area (Å²) in [4.78, 5) is 31.5. The zero-order valence-electron chi connectivity index (χ0n) is 27.3. The second-order valence-electron chi connectivity index (χ2n) is 12.7. The van der Waals surface area contributed by atoms with Crippen molar-refractivity contribution >= 4 is 35.1 Å². The van der Waals surface area contributed by atoms with Crippen LogP contribution in [0.1, 0.15) is 58.8 Å². The second-order valence-corrected chi connectivity index (χ2v) is 13.5. The van der Waals surface area contributed by atoms with Crippen LogP contribution in [-0.4, -0.2) is 69.6 Å². The molecule has 3 fully saturated rings. The lowest BCUT2D eigenvalue weighted by molar-refractivity contribution is -0.377. The van der Waals surface area contributed by atoms with Crippen LogP contribution < -0.4 is 19.2 Å². The van der Waals surface area contributed by atoms with Gasteiger partial charge in [-0.15, -0.1) is 0 Å². The number of nitrogens with one attached hydrogen (secondary N) is 1. The fraction of sp³-hybridized carbons (Fsp3) is 0.472. The number of alkyl halides is 2. The van der Waals surface area contributed by atoms with Gasteiger partial charge in [-0.3, -0.25) is 4.90 Å². The summed E-state index contributed by atoms with van der Waals surface area (Å²) < 4.78 is 59.7. The van der Waals surface area contributed by atoms with Gasteiger partial charge in [0.05, 0.1) is 32.0 Å². The molecule has 1 atom stereocenters. The quantitative estimate of drug-likeness (QED) is 0.144. The van der Waals surface area contributed by atoms with Crippen molar-refractivity contribution in [2.45, 2.75) is 51.4 Å². The lowest BCUT2D eigenvalue weighted by Crippen LogP contribution is -2.35. The number of hydrogen-bond acceptors (Lipinski definition) is 9. The summed E-state index contributed by atoms with van der Waals surface area (Å²) in [5, 5.41) is 0.593. The lowest BCUT2D eigenvalue weighted by atomic mass is 10.0. The molecule has 0 bridgehead atoms. The van der Waals surface area contributed by atoms with E-state index in [0.29, 0.717) is 71.7 Å². The average molecular weight is 737 g/mol. The van der Waals surface area contributed by atoms with Crippen molar-refractivity contribution < 1.29 is 51.8 Å². The van der Waals surface area contributed by atoms with Crippen LogP contribution in [0.3, 0.4) is 0 Å². The van der Waals surface area contributed by atoms with E-state index in [2.05, 4.69) is 14.6 Å². The van der Waals surface area contributed by atoms with E-state index in [9.17, 15) is 18.4 Å². The molecule has 0 spiro atoms. The number of H-pyrrole nitrogens is 1. The number of esters is 2. The zero-order valence-corrected chi connectivity index (χ0v) is 28.9. The van der Waals surface area contributed by atoms with Crippen molar-refractivity contribution in [1.82, 2.24) is 4.90 Å². The van der Waals surface area contributed by atoms with Gasteiger partial charge in [-0.2, -0.15) is 8.78 Å². The van der Waals surface area contributed by atoms with Crippen LogP contribution in [0.2, 0.25) is 10.0 Å². The van der Waals surface area contributed by atoms with Gasteiger partial charge in [0.2, 0.25) is 0 Å². The van der Waals surface area contributed by atoms with Crippen LogP contribution in [0.5, 0.6) is 17.2 Å².